The third kappa shape index (κ3) is 6.46. The minimum absolute atomic E-state index is 0.0295. The van der Waals surface area contributed by atoms with E-state index in [0.717, 1.165) is 32.1 Å². The minimum Gasteiger partial charge on any atom is -0.369 e. The van der Waals surface area contributed by atoms with E-state index in [9.17, 15) is 19.2 Å². The van der Waals surface area contributed by atoms with Crippen LogP contribution < -0.4 is 22.3 Å². The second-order valence-corrected chi connectivity index (χ2v) is 8.67. The lowest BCUT2D eigenvalue weighted by Gasteiger charge is -2.11. The van der Waals surface area contributed by atoms with Gasteiger partial charge in [0.1, 0.15) is 5.82 Å². The molecule has 0 bridgehead atoms. The summed E-state index contributed by atoms with van der Waals surface area (Å²) >= 11 is 0. The first-order valence-corrected chi connectivity index (χ1v) is 12.2. The van der Waals surface area contributed by atoms with Crippen molar-refractivity contribution in [2.24, 2.45) is 5.73 Å². The number of primary amides is 1. The zero-order valence-corrected chi connectivity index (χ0v) is 20.4. The fourth-order valence-corrected chi connectivity index (χ4v) is 4.12. The zero-order chi connectivity index (χ0) is 25.4. The topological polar surface area (TPSA) is 145 Å². The highest BCUT2D eigenvalue weighted by Gasteiger charge is 2.19. The Labute approximate surface area is 203 Å². The smallest absolute Gasteiger partial charge is 0.330 e. The van der Waals surface area contributed by atoms with Crippen molar-refractivity contribution in [2.45, 2.75) is 78.3 Å². The number of unbranched alkanes of at least 4 members (excludes halogenated alkanes) is 3. The van der Waals surface area contributed by atoms with Gasteiger partial charge in [-0.3, -0.25) is 23.9 Å². The van der Waals surface area contributed by atoms with E-state index in [1.165, 1.54) is 4.57 Å². The van der Waals surface area contributed by atoms with Gasteiger partial charge in [0.2, 0.25) is 11.8 Å². The summed E-state index contributed by atoms with van der Waals surface area (Å²) in [6.07, 6.45) is 5.00. The molecular weight excluding hydrogens is 448 g/mol. The average Bonchev–Trinajstić information content (AvgIpc) is 3.17. The highest BCUT2D eigenvalue weighted by atomic mass is 16.2. The Morgan fingerprint density at radius 3 is 2.46 bits per heavy atom. The number of anilines is 1. The first-order valence-electron chi connectivity index (χ1n) is 12.2. The summed E-state index contributed by atoms with van der Waals surface area (Å²) in [7, 11) is 0. The second kappa shape index (κ2) is 12.1. The number of hydrogen-bond acceptors (Lipinski definition) is 5. The number of nitrogens with zero attached hydrogens (tertiary/aromatic N) is 3. The molecule has 3 aromatic rings. The molecule has 1 aromatic carbocycles. The Hall–Kier alpha value is -3.69. The number of carbonyl (C=O) groups excluding carboxylic acids is 2. The van der Waals surface area contributed by atoms with Crippen LogP contribution in [0.4, 0.5) is 5.69 Å². The molecule has 0 radical (unpaired) electrons. The lowest BCUT2D eigenvalue weighted by Crippen LogP contribution is -2.31. The summed E-state index contributed by atoms with van der Waals surface area (Å²) in [5.41, 5.74) is 6.31. The average molecular weight is 483 g/mol. The molecule has 2 aromatic heterocycles. The van der Waals surface area contributed by atoms with E-state index in [1.807, 2.05) is 11.5 Å². The van der Waals surface area contributed by atoms with Crippen LogP contribution in [0.2, 0.25) is 0 Å². The minimum atomic E-state index is -0.480. The molecule has 2 heterocycles. The van der Waals surface area contributed by atoms with E-state index in [1.54, 1.807) is 24.3 Å². The molecule has 2 amide bonds. The highest BCUT2D eigenvalue weighted by molar-refractivity contribution is 5.92. The number of carbonyl (C=O) groups is 2. The van der Waals surface area contributed by atoms with Crippen LogP contribution in [0.5, 0.6) is 0 Å². The summed E-state index contributed by atoms with van der Waals surface area (Å²) in [4.78, 5) is 56.4. The maximum Gasteiger partial charge on any atom is 0.330 e. The normalized spacial score (nSPS) is 11.1. The third-order valence-electron chi connectivity index (χ3n) is 5.92. The number of para-hydroxylation sites is 1. The fraction of sp³-hybridized carbons (Fsp3) is 0.480. The SMILES string of the molecule is CCCCCn1c(CCC(=O)Nc2ccccc2CC(N)=O)nc2c1c(=O)[nH]c(=O)n2CCCC. The van der Waals surface area contributed by atoms with Crippen LogP contribution in [-0.4, -0.2) is 30.9 Å². The van der Waals surface area contributed by atoms with Gasteiger partial charge in [0.05, 0.1) is 6.42 Å². The van der Waals surface area contributed by atoms with Crippen molar-refractivity contribution in [3.8, 4) is 0 Å². The Bertz CT molecular complexity index is 1300. The van der Waals surface area contributed by atoms with Gasteiger partial charge in [0.15, 0.2) is 11.2 Å². The molecule has 4 N–H and O–H groups in total. The highest BCUT2D eigenvalue weighted by Crippen LogP contribution is 2.18. The van der Waals surface area contributed by atoms with Gasteiger partial charge in [0, 0.05) is 31.6 Å². The van der Waals surface area contributed by atoms with Gasteiger partial charge in [-0.15, -0.1) is 0 Å². The number of amides is 2. The first kappa shape index (κ1) is 25.9. The van der Waals surface area contributed by atoms with Crippen molar-refractivity contribution in [1.82, 2.24) is 19.1 Å². The van der Waals surface area contributed by atoms with Crippen molar-refractivity contribution in [1.29, 1.82) is 0 Å². The van der Waals surface area contributed by atoms with E-state index >= 15 is 0 Å². The zero-order valence-electron chi connectivity index (χ0n) is 20.4. The summed E-state index contributed by atoms with van der Waals surface area (Å²) < 4.78 is 3.36. The van der Waals surface area contributed by atoms with Gasteiger partial charge in [-0.2, -0.15) is 0 Å². The van der Waals surface area contributed by atoms with Crippen LogP contribution in [0.25, 0.3) is 11.2 Å². The monoisotopic (exact) mass is 482 g/mol. The van der Waals surface area contributed by atoms with Crippen LogP contribution in [0.3, 0.4) is 0 Å². The Morgan fingerprint density at radius 2 is 1.74 bits per heavy atom. The summed E-state index contributed by atoms with van der Waals surface area (Å²) in [5.74, 6) is -0.128. The molecule has 0 fully saturated rings. The molecule has 0 spiro atoms. The Morgan fingerprint density at radius 1 is 1.03 bits per heavy atom. The predicted molar refractivity (Wildman–Crippen MR) is 135 cm³/mol. The number of benzene rings is 1. The summed E-state index contributed by atoms with van der Waals surface area (Å²) in [6.45, 7) is 5.18. The van der Waals surface area contributed by atoms with Gasteiger partial charge in [0.25, 0.3) is 5.56 Å². The van der Waals surface area contributed by atoms with Gasteiger partial charge < -0.3 is 15.6 Å². The predicted octanol–water partition coefficient (Wildman–Crippen LogP) is 2.48. The number of H-pyrrole nitrogens is 1. The van der Waals surface area contributed by atoms with Gasteiger partial charge in [-0.1, -0.05) is 51.3 Å². The van der Waals surface area contributed by atoms with Crippen LogP contribution in [0.15, 0.2) is 33.9 Å². The van der Waals surface area contributed by atoms with Gasteiger partial charge in [-0.05, 0) is 24.5 Å². The van der Waals surface area contributed by atoms with Crippen LogP contribution in [-0.2, 0) is 35.5 Å². The number of rotatable bonds is 13. The number of imidazole rings is 1. The largest absolute Gasteiger partial charge is 0.369 e. The Balaban J connectivity index is 1.88. The van der Waals surface area contributed by atoms with Crippen LogP contribution >= 0.6 is 0 Å². The molecule has 0 saturated heterocycles. The fourth-order valence-electron chi connectivity index (χ4n) is 4.12. The van der Waals surface area contributed by atoms with E-state index in [-0.39, 0.29) is 18.7 Å². The number of aryl methyl sites for hydroxylation is 3. The van der Waals surface area contributed by atoms with E-state index < -0.39 is 17.2 Å². The standard InChI is InChI=1S/C25H34N6O4/c1-3-5-9-15-30-20(28-23-22(30)24(34)29-25(35)31(23)14-6-4-2)12-13-21(33)27-18-11-8-7-10-17(18)16-19(26)32/h7-8,10-11H,3-6,9,12-16H2,1-2H3,(H2,26,32)(H,27,33)(H,29,34,35). The molecule has 0 aliphatic heterocycles. The molecule has 10 heteroatoms. The maximum atomic E-state index is 12.8. The molecule has 0 aliphatic carbocycles. The molecule has 0 saturated carbocycles. The Kier molecular flexibility index (Phi) is 8.99. The maximum absolute atomic E-state index is 12.8. The lowest BCUT2D eigenvalue weighted by molar-refractivity contribution is -0.118. The van der Waals surface area contributed by atoms with Crippen molar-refractivity contribution in [2.75, 3.05) is 5.32 Å². The van der Waals surface area contributed by atoms with Crippen molar-refractivity contribution in [3.05, 3.63) is 56.5 Å². The number of hydrogen-bond donors (Lipinski definition) is 3. The van der Waals surface area contributed by atoms with Gasteiger partial charge in [-0.25, -0.2) is 9.78 Å². The van der Waals surface area contributed by atoms with Crippen molar-refractivity contribution >= 4 is 28.7 Å². The first-order chi connectivity index (χ1) is 16.8. The third-order valence-corrected chi connectivity index (χ3v) is 5.92. The molecule has 10 nitrogen and oxygen atoms in total. The van der Waals surface area contributed by atoms with E-state index in [0.29, 0.717) is 47.7 Å². The van der Waals surface area contributed by atoms with Crippen LogP contribution in [0, 0.1) is 0 Å². The molecule has 3 rings (SSSR count). The summed E-state index contributed by atoms with van der Waals surface area (Å²) in [6, 6.07) is 7.02. The van der Waals surface area contributed by atoms with E-state index in [2.05, 4.69) is 22.2 Å². The number of nitrogens with one attached hydrogen (secondary N) is 2. The number of fused-ring (bicyclic) bond motifs is 1. The number of aromatic amines is 1. The number of nitrogens with two attached hydrogens (primary N) is 1. The van der Waals surface area contributed by atoms with Gasteiger partial charge >= 0.3 is 5.69 Å². The molecule has 0 aliphatic rings. The molecule has 0 unspecified atom stereocenters. The quantitative estimate of drug-likeness (QED) is 0.321. The number of aromatic nitrogens is 4. The van der Waals surface area contributed by atoms with E-state index in [4.69, 9.17) is 5.73 Å². The van der Waals surface area contributed by atoms with Crippen molar-refractivity contribution < 1.29 is 9.59 Å². The lowest BCUT2D eigenvalue weighted by atomic mass is 10.1. The molecule has 0 atom stereocenters. The molecule has 188 valence electrons. The molecule has 35 heavy (non-hydrogen) atoms. The van der Waals surface area contributed by atoms with Crippen molar-refractivity contribution in [3.63, 3.8) is 0 Å². The second-order valence-electron chi connectivity index (χ2n) is 8.67. The van der Waals surface area contributed by atoms with Crippen LogP contribution in [0.1, 0.15) is 63.8 Å². The molecular formula is C25H34N6O4. The summed E-state index contributed by atoms with van der Waals surface area (Å²) in [5, 5.41) is 2.84.